The molecular formula is C15H16ClN3O. The molecule has 0 fully saturated rings. The average Bonchev–Trinajstić information content (AvgIpc) is 2.47. The van der Waals surface area contributed by atoms with Crippen molar-refractivity contribution in [2.75, 3.05) is 18.3 Å². The number of hydrogen-bond donors (Lipinski definition) is 2. The van der Waals surface area contributed by atoms with Crippen LogP contribution in [0.3, 0.4) is 0 Å². The van der Waals surface area contributed by atoms with Gasteiger partial charge in [-0.3, -0.25) is 5.43 Å². The van der Waals surface area contributed by atoms with Crippen LogP contribution in [0.4, 0.5) is 11.4 Å². The first kappa shape index (κ1) is 14.2. The number of ether oxygens (including phenoxy) is 1. The highest BCUT2D eigenvalue weighted by Gasteiger charge is 2.04. The Morgan fingerprint density at radius 1 is 1.20 bits per heavy atom. The summed E-state index contributed by atoms with van der Waals surface area (Å²) in [7, 11) is 1.63. The third-order valence-corrected chi connectivity index (χ3v) is 3.08. The molecule has 0 saturated carbocycles. The van der Waals surface area contributed by atoms with E-state index < -0.39 is 0 Å². The molecule has 5 heteroatoms. The topological polar surface area (TPSA) is 59.6 Å². The first-order valence-electron chi connectivity index (χ1n) is 6.10. The highest BCUT2D eigenvalue weighted by Crippen LogP contribution is 2.19. The molecule has 2 aromatic carbocycles. The van der Waals surface area contributed by atoms with Gasteiger partial charge in [-0.25, -0.2) is 0 Å². The molecule has 0 aromatic heterocycles. The zero-order valence-corrected chi connectivity index (χ0v) is 12.1. The quantitative estimate of drug-likeness (QED) is 0.512. The second-order valence-electron chi connectivity index (χ2n) is 4.27. The van der Waals surface area contributed by atoms with E-state index in [1.165, 1.54) is 0 Å². The number of hydrazone groups is 1. The minimum Gasteiger partial charge on any atom is -0.497 e. The summed E-state index contributed by atoms with van der Waals surface area (Å²) in [5.74, 6) is 0.801. The number of nitrogens with one attached hydrogen (secondary N) is 1. The van der Waals surface area contributed by atoms with Crippen LogP contribution in [0.2, 0.25) is 5.02 Å². The predicted molar refractivity (Wildman–Crippen MR) is 84.7 cm³/mol. The number of nitrogens with zero attached hydrogens (tertiary/aromatic N) is 1. The van der Waals surface area contributed by atoms with Crippen LogP contribution in [-0.4, -0.2) is 12.8 Å². The van der Waals surface area contributed by atoms with Crippen LogP contribution in [0.1, 0.15) is 12.5 Å². The molecule has 0 aliphatic rings. The standard InChI is InChI=1S/C15H16ClN3O/c1-10(14-9-11(16)3-8-15(14)17)18-19-12-4-6-13(20-2)7-5-12/h3-9,19H,17H2,1-2H3/b18-10+. The molecule has 3 N–H and O–H groups in total. The molecule has 0 heterocycles. The number of methoxy groups -OCH3 is 1. The SMILES string of the molecule is COc1ccc(N/N=C(\C)c2cc(Cl)ccc2N)cc1. The van der Waals surface area contributed by atoms with Crippen molar-refractivity contribution in [2.24, 2.45) is 5.10 Å². The van der Waals surface area contributed by atoms with Gasteiger partial charge in [-0.05, 0) is 49.4 Å². The first-order valence-corrected chi connectivity index (χ1v) is 6.47. The fraction of sp³-hybridized carbons (Fsp3) is 0.133. The van der Waals surface area contributed by atoms with Gasteiger partial charge in [0.05, 0.1) is 18.5 Å². The zero-order valence-electron chi connectivity index (χ0n) is 11.4. The van der Waals surface area contributed by atoms with Gasteiger partial charge >= 0.3 is 0 Å². The Labute approximate surface area is 123 Å². The number of benzene rings is 2. The first-order chi connectivity index (χ1) is 9.60. The molecule has 0 radical (unpaired) electrons. The third kappa shape index (κ3) is 3.42. The smallest absolute Gasteiger partial charge is 0.119 e. The lowest BCUT2D eigenvalue weighted by Gasteiger charge is -2.07. The van der Waals surface area contributed by atoms with Crippen molar-refractivity contribution >= 4 is 28.7 Å². The zero-order chi connectivity index (χ0) is 14.5. The lowest BCUT2D eigenvalue weighted by Crippen LogP contribution is -2.03. The monoisotopic (exact) mass is 289 g/mol. The molecular weight excluding hydrogens is 274 g/mol. The fourth-order valence-corrected chi connectivity index (χ4v) is 1.89. The van der Waals surface area contributed by atoms with E-state index in [0.717, 1.165) is 22.7 Å². The van der Waals surface area contributed by atoms with Crippen LogP contribution in [0.15, 0.2) is 47.6 Å². The van der Waals surface area contributed by atoms with Gasteiger partial charge in [0.2, 0.25) is 0 Å². The molecule has 20 heavy (non-hydrogen) atoms. The third-order valence-electron chi connectivity index (χ3n) is 2.85. The molecule has 0 unspecified atom stereocenters. The van der Waals surface area contributed by atoms with Crippen LogP contribution in [0.25, 0.3) is 0 Å². The summed E-state index contributed by atoms with van der Waals surface area (Å²) in [5.41, 5.74) is 12.0. The van der Waals surface area contributed by atoms with Crippen molar-refractivity contribution in [1.29, 1.82) is 0 Å². The lowest BCUT2D eigenvalue weighted by atomic mass is 10.1. The fourth-order valence-electron chi connectivity index (χ4n) is 1.72. The molecule has 0 amide bonds. The number of hydrogen-bond acceptors (Lipinski definition) is 4. The van der Waals surface area contributed by atoms with E-state index in [0.29, 0.717) is 10.7 Å². The summed E-state index contributed by atoms with van der Waals surface area (Å²) < 4.78 is 5.10. The van der Waals surface area contributed by atoms with Gasteiger partial charge in [0, 0.05) is 16.3 Å². The summed E-state index contributed by atoms with van der Waals surface area (Å²) in [5, 5.41) is 4.94. The van der Waals surface area contributed by atoms with Gasteiger partial charge in [-0.15, -0.1) is 0 Å². The summed E-state index contributed by atoms with van der Waals surface area (Å²) in [6.45, 7) is 1.87. The molecule has 0 saturated heterocycles. The van der Waals surface area contributed by atoms with E-state index in [9.17, 15) is 0 Å². The second-order valence-corrected chi connectivity index (χ2v) is 4.71. The van der Waals surface area contributed by atoms with E-state index in [1.807, 2.05) is 31.2 Å². The number of rotatable bonds is 4. The Morgan fingerprint density at radius 3 is 2.55 bits per heavy atom. The van der Waals surface area contributed by atoms with Crippen LogP contribution in [0.5, 0.6) is 5.75 Å². The van der Waals surface area contributed by atoms with Crippen LogP contribution >= 0.6 is 11.6 Å². The molecule has 0 bridgehead atoms. The largest absolute Gasteiger partial charge is 0.497 e. The Morgan fingerprint density at radius 2 is 1.90 bits per heavy atom. The normalized spacial score (nSPS) is 11.2. The van der Waals surface area contributed by atoms with Crippen molar-refractivity contribution in [3.05, 3.63) is 53.1 Å². The molecule has 0 aliphatic heterocycles. The number of anilines is 2. The van der Waals surface area contributed by atoms with E-state index >= 15 is 0 Å². The van der Waals surface area contributed by atoms with Crippen molar-refractivity contribution in [2.45, 2.75) is 6.92 Å². The van der Waals surface area contributed by atoms with E-state index in [2.05, 4.69) is 10.5 Å². The minimum atomic E-state index is 0.633. The van der Waals surface area contributed by atoms with Gasteiger partial charge in [0.15, 0.2) is 0 Å². The van der Waals surface area contributed by atoms with Gasteiger partial charge in [0.1, 0.15) is 5.75 Å². The number of halogens is 1. The number of nitrogen functional groups attached to an aromatic ring is 1. The summed E-state index contributed by atoms with van der Waals surface area (Å²) in [6.07, 6.45) is 0. The summed E-state index contributed by atoms with van der Waals surface area (Å²) in [4.78, 5) is 0. The maximum absolute atomic E-state index is 5.97. The summed E-state index contributed by atoms with van der Waals surface area (Å²) >= 11 is 5.97. The summed E-state index contributed by atoms with van der Waals surface area (Å²) in [6, 6.07) is 12.8. The highest BCUT2D eigenvalue weighted by molar-refractivity contribution is 6.31. The number of nitrogens with two attached hydrogens (primary N) is 1. The van der Waals surface area contributed by atoms with Gasteiger partial charge in [0.25, 0.3) is 0 Å². The van der Waals surface area contributed by atoms with E-state index in [-0.39, 0.29) is 0 Å². The predicted octanol–water partition coefficient (Wildman–Crippen LogP) is 3.77. The van der Waals surface area contributed by atoms with Crippen molar-refractivity contribution in [3.8, 4) is 5.75 Å². The molecule has 0 spiro atoms. The molecule has 0 aliphatic carbocycles. The highest BCUT2D eigenvalue weighted by atomic mass is 35.5. The Hall–Kier alpha value is -2.20. The van der Waals surface area contributed by atoms with Gasteiger partial charge < -0.3 is 10.5 Å². The lowest BCUT2D eigenvalue weighted by molar-refractivity contribution is 0.415. The average molecular weight is 290 g/mol. The van der Waals surface area contributed by atoms with Crippen LogP contribution in [0, 0.1) is 0 Å². The molecule has 2 aromatic rings. The van der Waals surface area contributed by atoms with Gasteiger partial charge in [-0.1, -0.05) is 11.6 Å². The molecule has 2 rings (SSSR count). The van der Waals surface area contributed by atoms with Crippen molar-refractivity contribution < 1.29 is 4.74 Å². The van der Waals surface area contributed by atoms with Gasteiger partial charge in [-0.2, -0.15) is 5.10 Å². The Bertz CT molecular complexity index is 624. The second kappa shape index (κ2) is 6.30. The maximum Gasteiger partial charge on any atom is 0.119 e. The van der Waals surface area contributed by atoms with E-state index in [4.69, 9.17) is 22.1 Å². The maximum atomic E-state index is 5.97. The Kier molecular flexibility index (Phi) is 4.48. The van der Waals surface area contributed by atoms with Crippen LogP contribution < -0.4 is 15.9 Å². The van der Waals surface area contributed by atoms with Crippen LogP contribution in [-0.2, 0) is 0 Å². The molecule has 0 atom stereocenters. The molecule has 4 nitrogen and oxygen atoms in total. The Balaban J connectivity index is 2.15. The minimum absolute atomic E-state index is 0.633. The van der Waals surface area contributed by atoms with E-state index in [1.54, 1.807) is 25.3 Å². The van der Waals surface area contributed by atoms with Crippen molar-refractivity contribution in [1.82, 2.24) is 0 Å². The van der Waals surface area contributed by atoms with Crippen molar-refractivity contribution in [3.63, 3.8) is 0 Å². The molecule has 104 valence electrons.